The lowest BCUT2D eigenvalue weighted by Crippen LogP contribution is -2.23. The van der Waals surface area contributed by atoms with Crippen molar-refractivity contribution >= 4 is 5.95 Å². The molecule has 1 aromatic heterocycles. The molecule has 6 heteroatoms. The smallest absolute Gasteiger partial charge is 0.244 e. The first-order valence-corrected chi connectivity index (χ1v) is 4.55. The van der Waals surface area contributed by atoms with Crippen LogP contribution in [0.3, 0.4) is 0 Å². The van der Waals surface area contributed by atoms with Gasteiger partial charge in [0.15, 0.2) is 0 Å². The number of nitrogens with zero attached hydrogens (tertiary/aromatic N) is 4. The highest BCUT2D eigenvalue weighted by Gasteiger charge is 2.30. The second-order valence-corrected chi connectivity index (χ2v) is 3.55. The molecular weight excluding hydrogens is 190 g/mol. The van der Waals surface area contributed by atoms with Crippen LogP contribution in [0.1, 0.15) is 6.42 Å². The predicted octanol–water partition coefficient (Wildman–Crippen LogP) is 0.906. The van der Waals surface area contributed by atoms with Gasteiger partial charge in [-0.15, -0.1) is 5.10 Å². The van der Waals surface area contributed by atoms with E-state index < -0.39 is 12.3 Å². The highest BCUT2D eigenvalue weighted by molar-refractivity contribution is 5.29. The highest BCUT2D eigenvalue weighted by Crippen LogP contribution is 2.24. The average Bonchev–Trinajstić information content (AvgIpc) is 2.70. The van der Waals surface area contributed by atoms with Gasteiger partial charge in [-0.05, 0) is 6.42 Å². The summed E-state index contributed by atoms with van der Waals surface area (Å²) in [7, 11) is 1.76. The van der Waals surface area contributed by atoms with E-state index in [0.29, 0.717) is 25.5 Å². The summed E-state index contributed by atoms with van der Waals surface area (Å²) < 4.78 is 26.3. The molecule has 2 rings (SSSR count). The molecule has 0 saturated carbocycles. The van der Waals surface area contributed by atoms with E-state index in [0.717, 1.165) is 0 Å². The van der Waals surface area contributed by atoms with E-state index in [9.17, 15) is 8.78 Å². The Hall–Kier alpha value is -1.20. The molecule has 14 heavy (non-hydrogen) atoms. The molecule has 1 aromatic rings. The van der Waals surface area contributed by atoms with Gasteiger partial charge < -0.3 is 4.90 Å². The third kappa shape index (κ3) is 1.69. The van der Waals surface area contributed by atoms with Crippen LogP contribution in [0, 0.1) is 5.92 Å². The van der Waals surface area contributed by atoms with Crippen molar-refractivity contribution in [2.75, 3.05) is 18.0 Å². The van der Waals surface area contributed by atoms with Crippen molar-refractivity contribution in [3.8, 4) is 0 Å². The molecule has 78 valence electrons. The summed E-state index contributed by atoms with van der Waals surface area (Å²) in [6.07, 6.45) is -0.135. The maximum Gasteiger partial charge on any atom is 0.244 e. The van der Waals surface area contributed by atoms with E-state index in [1.165, 1.54) is 0 Å². The van der Waals surface area contributed by atoms with Crippen LogP contribution in [0.4, 0.5) is 14.7 Å². The minimum Gasteiger partial charge on any atom is -0.339 e. The Morgan fingerprint density at radius 1 is 1.57 bits per heavy atom. The zero-order chi connectivity index (χ0) is 10.1. The van der Waals surface area contributed by atoms with E-state index in [1.54, 1.807) is 23.0 Å². The van der Waals surface area contributed by atoms with Gasteiger partial charge in [-0.3, -0.25) is 4.68 Å². The van der Waals surface area contributed by atoms with E-state index in [-0.39, 0.29) is 0 Å². The second-order valence-electron chi connectivity index (χ2n) is 3.55. The fourth-order valence-corrected chi connectivity index (χ4v) is 1.65. The molecular formula is C8H12F2N4. The Labute approximate surface area is 80.5 Å². The molecule has 4 nitrogen and oxygen atoms in total. The van der Waals surface area contributed by atoms with Crippen LogP contribution in [-0.4, -0.2) is 34.3 Å². The Bertz CT molecular complexity index is 312. The van der Waals surface area contributed by atoms with Crippen LogP contribution in [-0.2, 0) is 7.05 Å². The Balaban J connectivity index is 2.02. The number of alkyl halides is 2. The molecule has 0 spiro atoms. The Kier molecular flexibility index (Phi) is 2.35. The van der Waals surface area contributed by atoms with E-state index in [1.807, 2.05) is 0 Å². The molecule has 1 aliphatic heterocycles. The summed E-state index contributed by atoms with van der Waals surface area (Å²) in [4.78, 5) is 5.83. The Morgan fingerprint density at radius 2 is 2.36 bits per heavy atom. The van der Waals surface area contributed by atoms with E-state index in [4.69, 9.17) is 0 Å². The molecule has 1 atom stereocenters. The van der Waals surface area contributed by atoms with Crippen LogP contribution < -0.4 is 4.90 Å². The van der Waals surface area contributed by atoms with E-state index >= 15 is 0 Å². The number of anilines is 1. The Morgan fingerprint density at radius 3 is 2.86 bits per heavy atom. The normalized spacial score (nSPS) is 22.3. The average molecular weight is 202 g/mol. The van der Waals surface area contributed by atoms with Crippen molar-refractivity contribution in [2.24, 2.45) is 13.0 Å². The zero-order valence-electron chi connectivity index (χ0n) is 7.90. The lowest BCUT2D eigenvalue weighted by Gasteiger charge is -2.13. The molecule has 0 aromatic carbocycles. The van der Waals surface area contributed by atoms with Gasteiger partial charge in [0.1, 0.15) is 6.33 Å². The van der Waals surface area contributed by atoms with Crippen LogP contribution in [0.5, 0.6) is 0 Å². The molecule has 0 bridgehead atoms. The maximum absolute atomic E-state index is 12.4. The summed E-state index contributed by atoms with van der Waals surface area (Å²) in [5.74, 6) is 0.0226. The third-order valence-electron chi connectivity index (χ3n) is 2.45. The van der Waals surface area contributed by atoms with Crippen LogP contribution >= 0.6 is 0 Å². The highest BCUT2D eigenvalue weighted by atomic mass is 19.3. The van der Waals surface area contributed by atoms with Gasteiger partial charge in [0.05, 0.1) is 0 Å². The summed E-state index contributed by atoms with van der Waals surface area (Å²) in [6.45, 7) is 0.987. The lowest BCUT2D eigenvalue weighted by molar-refractivity contribution is 0.0879. The zero-order valence-corrected chi connectivity index (χ0v) is 7.90. The standard InChI is InChI=1S/C8H12F2N4/c1-13-5-11-8(12-13)14-3-2-6(4-14)7(9)10/h5-7H,2-4H2,1H3. The number of aryl methyl sites for hydroxylation is 1. The quantitative estimate of drug-likeness (QED) is 0.714. The minimum atomic E-state index is -2.23. The molecule has 1 saturated heterocycles. The van der Waals surface area contributed by atoms with Gasteiger partial charge in [-0.1, -0.05) is 0 Å². The first-order valence-electron chi connectivity index (χ1n) is 4.55. The van der Waals surface area contributed by atoms with Gasteiger partial charge in [0.2, 0.25) is 12.4 Å². The SMILES string of the molecule is Cn1cnc(N2CCC(C(F)F)C2)n1. The second kappa shape index (κ2) is 3.51. The van der Waals surface area contributed by atoms with Gasteiger partial charge >= 0.3 is 0 Å². The monoisotopic (exact) mass is 202 g/mol. The number of rotatable bonds is 2. The summed E-state index contributed by atoms with van der Waals surface area (Å²) in [5, 5.41) is 4.07. The molecule has 0 radical (unpaired) electrons. The maximum atomic E-state index is 12.4. The van der Waals surface area contributed by atoms with Gasteiger partial charge in [0, 0.05) is 26.1 Å². The molecule has 2 heterocycles. The van der Waals surface area contributed by atoms with Crippen molar-refractivity contribution in [3.63, 3.8) is 0 Å². The number of hydrogen-bond acceptors (Lipinski definition) is 3. The predicted molar refractivity (Wildman–Crippen MR) is 47.3 cm³/mol. The lowest BCUT2D eigenvalue weighted by atomic mass is 10.1. The fourth-order valence-electron chi connectivity index (χ4n) is 1.65. The molecule has 0 aliphatic carbocycles. The number of aromatic nitrogens is 3. The molecule has 1 fully saturated rings. The number of hydrogen-bond donors (Lipinski definition) is 0. The van der Waals surface area contributed by atoms with Crippen molar-refractivity contribution in [1.82, 2.24) is 14.8 Å². The summed E-state index contributed by atoms with van der Waals surface area (Å²) >= 11 is 0. The molecule has 0 amide bonds. The van der Waals surface area contributed by atoms with Gasteiger partial charge in [-0.25, -0.2) is 13.8 Å². The first-order chi connectivity index (χ1) is 6.66. The van der Waals surface area contributed by atoms with Crippen molar-refractivity contribution in [2.45, 2.75) is 12.8 Å². The van der Waals surface area contributed by atoms with Crippen molar-refractivity contribution < 1.29 is 8.78 Å². The molecule has 1 unspecified atom stereocenters. The minimum absolute atomic E-state index is 0.363. The van der Waals surface area contributed by atoms with Crippen LogP contribution in [0.15, 0.2) is 6.33 Å². The first kappa shape index (κ1) is 9.36. The number of halogens is 2. The van der Waals surface area contributed by atoms with E-state index in [2.05, 4.69) is 10.1 Å². The molecule has 0 N–H and O–H groups in total. The summed E-state index contributed by atoms with van der Waals surface area (Å²) in [6, 6.07) is 0. The van der Waals surface area contributed by atoms with Crippen molar-refractivity contribution in [1.29, 1.82) is 0 Å². The summed E-state index contributed by atoms with van der Waals surface area (Å²) in [5.41, 5.74) is 0. The van der Waals surface area contributed by atoms with Gasteiger partial charge in [-0.2, -0.15) is 0 Å². The fraction of sp³-hybridized carbons (Fsp3) is 0.750. The van der Waals surface area contributed by atoms with Crippen LogP contribution in [0.2, 0.25) is 0 Å². The third-order valence-corrected chi connectivity index (χ3v) is 2.45. The van der Waals surface area contributed by atoms with Crippen molar-refractivity contribution in [3.05, 3.63) is 6.33 Å². The topological polar surface area (TPSA) is 34.0 Å². The molecule has 1 aliphatic rings. The van der Waals surface area contributed by atoms with Crippen LogP contribution in [0.25, 0.3) is 0 Å². The van der Waals surface area contributed by atoms with Gasteiger partial charge in [0.25, 0.3) is 0 Å². The largest absolute Gasteiger partial charge is 0.339 e.